The van der Waals surface area contributed by atoms with Crippen molar-refractivity contribution < 1.29 is 0 Å². The van der Waals surface area contributed by atoms with Gasteiger partial charge in [-0.15, -0.1) is 0 Å². The number of anilines is 1. The van der Waals surface area contributed by atoms with Crippen molar-refractivity contribution >= 4 is 50.3 Å². The molecule has 0 saturated heterocycles. The van der Waals surface area contributed by atoms with E-state index in [9.17, 15) is 9.59 Å². The van der Waals surface area contributed by atoms with Gasteiger partial charge in [-0.1, -0.05) is 54.1 Å². The van der Waals surface area contributed by atoms with Gasteiger partial charge in [0, 0.05) is 23.3 Å². The van der Waals surface area contributed by atoms with Gasteiger partial charge in [0.15, 0.2) is 5.43 Å². The highest BCUT2D eigenvalue weighted by molar-refractivity contribution is 6.36. The average Bonchev–Trinajstić information content (AvgIpc) is 3.47. The summed E-state index contributed by atoms with van der Waals surface area (Å²) >= 11 is 7.20. The Kier molecular flexibility index (Phi) is 5.87. The molecule has 0 aliphatic carbocycles. The van der Waals surface area contributed by atoms with Gasteiger partial charge in [-0.3, -0.25) is 14.2 Å². The summed E-state index contributed by atoms with van der Waals surface area (Å²) in [5.74, 6) is 0.341. The minimum atomic E-state index is -0.526. The molecule has 1 atom stereocenters. The fourth-order valence-corrected chi connectivity index (χ4v) is 5.78. The SMILES string of the molecule is C[C@H](Nc1ncnc2[nH]ccc(=O)c12)c1c(Cl)c2cccc(-c3ccc4[nH]cnc4c3)c2c(=O)n1-c1ccccc1. The number of hydrogen-bond acceptors (Lipinski definition) is 6. The van der Waals surface area contributed by atoms with E-state index < -0.39 is 6.04 Å². The molecule has 7 aromatic rings. The number of H-pyrrole nitrogens is 2. The summed E-state index contributed by atoms with van der Waals surface area (Å²) in [7, 11) is 0. The van der Waals surface area contributed by atoms with Gasteiger partial charge in [0.2, 0.25) is 0 Å². The first kappa shape index (κ1) is 24.7. The lowest BCUT2D eigenvalue weighted by molar-refractivity contribution is 0.774. The molecule has 0 saturated carbocycles. The average molecular weight is 560 g/mol. The van der Waals surface area contributed by atoms with Crippen LogP contribution >= 0.6 is 11.6 Å². The van der Waals surface area contributed by atoms with Crippen LogP contribution in [0.4, 0.5) is 5.82 Å². The zero-order chi connectivity index (χ0) is 28.1. The summed E-state index contributed by atoms with van der Waals surface area (Å²) in [6.45, 7) is 1.88. The molecular formula is C31H22ClN7O2. The third-order valence-corrected chi connectivity index (χ3v) is 7.64. The van der Waals surface area contributed by atoms with E-state index in [0.717, 1.165) is 22.2 Å². The van der Waals surface area contributed by atoms with Crippen LogP contribution in [0.1, 0.15) is 18.7 Å². The number of pyridine rings is 2. The molecule has 4 aromatic heterocycles. The van der Waals surface area contributed by atoms with Crippen molar-refractivity contribution in [1.82, 2.24) is 29.5 Å². The molecule has 0 unspecified atom stereocenters. The molecule has 4 heterocycles. The van der Waals surface area contributed by atoms with Crippen molar-refractivity contribution in [3.63, 3.8) is 0 Å². The Morgan fingerprint density at radius 3 is 2.61 bits per heavy atom. The largest absolute Gasteiger partial charge is 0.361 e. The number of hydrogen-bond donors (Lipinski definition) is 3. The maximum atomic E-state index is 14.5. The molecule has 3 aromatic carbocycles. The molecule has 0 bridgehead atoms. The molecular weight excluding hydrogens is 538 g/mol. The van der Waals surface area contributed by atoms with E-state index in [1.165, 1.54) is 12.4 Å². The fourth-order valence-electron chi connectivity index (χ4n) is 5.37. The summed E-state index contributed by atoms with van der Waals surface area (Å²) < 4.78 is 1.63. The molecule has 7 rings (SSSR count). The highest BCUT2D eigenvalue weighted by atomic mass is 35.5. The van der Waals surface area contributed by atoms with E-state index in [-0.39, 0.29) is 11.0 Å². The van der Waals surface area contributed by atoms with E-state index in [1.54, 1.807) is 17.1 Å². The first-order valence-corrected chi connectivity index (χ1v) is 13.3. The van der Waals surface area contributed by atoms with Gasteiger partial charge in [-0.2, -0.15) is 0 Å². The summed E-state index contributed by atoms with van der Waals surface area (Å²) in [5.41, 5.74) is 4.48. The Balaban J connectivity index is 1.48. The van der Waals surface area contributed by atoms with E-state index >= 15 is 0 Å². The van der Waals surface area contributed by atoms with Gasteiger partial charge in [-0.05, 0) is 42.3 Å². The highest BCUT2D eigenvalue weighted by Crippen LogP contribution is 2.37. The second-order valence-corrected chi connectivity index (χ2v) is 10.1. The third-order valence-electron chi connectivity index (χ3n) is 7.24. The molecule has 0 aliphatic heterocycles. The minimum absolute atomic E-state index is 0.220. The van der Waals surface area contributed by atoms with Crippen LogP contribution in [0.25, 0.3) is 49.7 Å². The molecule has 41 heavy (non-hydrogen) atoms. The molecule has 0 aliphatic rings. The molecule has 9 nitrogen and oxygen atoms in total. The Hall–Kier alpha value is -5.28. The van der Waals surface area contributed by atoms with Crippen LogP contribution in [-0.4, -0.2) is 29.5 Å². The molecule has 0 radical (unpaired) electrons. The second-order valence-electron chi connectivity index (χ2n) is 9.69. The van der Waals surface area contributed by atoms with Crippen LogP contribution < -0.4 is 16.3 Å². The van der Waals surface area contributed by atoms with Crippen molar-refractivity contribution in [2.75, 3.05) is 5.32 Å². The number of aromatic nitrogens is 6. The van der Waals surface area contributed by atoms with Crippen LogP contribution in [0.3, 0.4) is 0 Å². The summed E-state index contributed by atoms with van der Waals surface area (Å²) in [6, 6.07) is 21.8. The lowest BCUT2D eigenvalue weighted by Gasteiger charge is -2.24. The molecule has 0 amide bonds. The lowest BCUT2D eigenvalue weighted by Crippen LogP contribution is -2.27. The van der Waals surface area contributed by atoms with Crippen LogP contribution in [0.15, 0.2) is 101 Å². The van der Waals surface area contributed by atoms with Crippen LogP contribution in [0.5, 0.6) is 0 Å². The number of benzene rings is 3. The topological polar surface area (TPSA) is 121 Å². The summed E-state index contributed by atoms with van der Waals surface area (Å²) in [4.78, 5) is 46.2. The number of nitrogens with zero attached hydrogens (tertiary/aromatic N) is 4. The van der Waals surface area contributed by atoms with Crippen LogP contribution in [0.2, 0.25) is 5.02 Å². The standard InChI is InChI=1S/C31H22ClN7O2/c1-17(38-30-26-24(40)12-13-33-29(26)36-16-37-30)28-27(32)21-9-5-8-20(18-10-11-22-23(14-18)35-15-34-22)25(21)31(41)39(28)19-6-3-2-4-7-19/h2-17H,1H3,(H,34,35)(H2,33,36,37,38,40)/t17-/m0/s1. The van der Waals surface area contributed by atoms with Crippen LogP contribution in [-0.2, 0) is 0 Å². The van der Waals surface area contributed by atoms with Gasteiger partial charge < -0.3 is 15.3 Å². The monoisotopic (exact) mass is 559 g/mol. The molecule has 10 heteroatoms. The Bertz CT molecular complexity index is 2220. The Labute approximate surface area is 237 Å². The molecule has 3 N–H and O–H groups in total. The van der Waals surface area contributed by atoms with E-state index in [0.29, 0.717) is 44.0 Å². The highest BCUT2D eigenvalue weighted by Gasteiger charge is 2.24. The summed E-state index contributed by atoms with van der Waals surface area (Å²) in [5, 5.41) is 5.18. The minimum Gasteiger partial charge on any atom is -0.361 e. The first-order valence-electron chi connectivity index (χ1n) is 13.0. The van der Waals surface area contributed by atoms with Crippen molar-refractivity contribution in [1.29, 1.82) is 0 Å². The van der Waals surface area contributed by atoms with Gasteiger partial charge in [-0.25, -0.2) is 15.0 Å². The van der Waals surface area contributed by atoms with Crippen molar-refractivity contribution in [3.05, 3.63) is 123 Å². The fraction of sp³-hybridized carbons (Fsp3) is 0.0645. The Morgan fingerprint density at radius 1 is 0.902 bits per heavy atom. The quantitative estimate of drug-likeness (QED) is 0.238. The van der Waals surface area contributed by atoms with Gasteiger partial charge in [0.25, 0.3) is 5.56 Å². The second kappa shape index (κ2) is 9.72. The maximum Gasteiger partial charge on any atom is 0.263 e. The first-order chi connectivity index (χ1) is 20.0. The normalized spacial score (nSPS) is 12.2. The van der Waals surface area contributed by atoms with Crippen molar-refractivity contribution in [2.45, 2.75) is 13.0 Å². The zero-order valence-corrected chi connectivity index (χ0v) is 22.5. The maximum absolute atomic E-state index is 14.5. The number of rotatable bonds is 5. The number of para-hydroxylation sites is 1. The van der Waals surface area contributed by atoms with Crippen molar-refractivity contribution in [3.8, 4) is 16.8 Å². The number of imidazole rings is 1. The lowest BCUT2D eigenvalue weighted by atomic mass is 9.97. The molecule has 0 fully saturated rings. The number of halogens is 1. The summed E-state index contributed by atoms with van der Waals surface area (Å²) in [6.07, 6.45) is 4.56. The van der Waals surface area contributed by atoms with Gasteiger partial charge in [0.1, 0.15) is 23.2 Å². The van der Waals surface area contributed by atoms with Crippen molar-refractivity contribution in [2.24, 2.45) is 0 Å². The van der Waals surface area contributed by atoms with E-state index in [1.807, 2.05) is 73.7 Å². The molecule has 0 spiro atoms. The number of aromatic amines is 2. The third kappa shape index (κ3) is 4.06. The molecule has 200 valence electrons. The van der Waals surface area contributed by atoms with Gasteiger partial charge in [0.05, 0.1) is 39.5 Å². The predicted octanol–water partition coefficient (Wildman–Crippen LogP) is 5.99. The number of fused-ring (bicyclic) bond motifs is 3. The smallest absolute Gasteiger partial charge is 0.263 e. The predicted molar refractivity (Wildman–Crippen MR) is 162 cm³/mol. The van der Waals surface area contributed by atoms with Gasteiger partial charge >= 0.3 is 0 Å². The van der Waals surface area contributed by atoms with E-state index in [2.05, 4.69) is 30.2 Å². The number of nitrogens with one attached hydrogen (secondary N) is 3. The van der Waals surface area contributed by atoms with Crippen LogP contribution in [0, 0.1) is 0 Å². The zero-order valence-electron chi connectivity index (χ0n) is 21.7. The van der Waals surface area contributed by atoms with E-state index in [4.69, 9.17) is 11.6 Å². The Morgan fingerprint density at radius 2 is 1.76 bits per heavy atom.